The summed E-state index contributed by atoms with van der Waals surface area (Å²) in [6.45, 7) is 0. The second kappa shape index (κ2) is 5.45. The predicted octanol–water partition coefficient (Wildman–Crippen LogP) is 2.64. The molecule has 2 rings (SSSR count). The van der Waals surface area contributed by atoms with Crippen LogP contribution in [0.3, 0.4) is 0 Å². The molecule has 0 bridgehead atoms. The molecule has 2 aromatic rings. The molecule has 1 unspecified atom stereocenters. The molecular weight excluding hydrogens is 229 g/mol. The van der Waals surface area contributed by atoms with Gasteiger partial charge in [0.05, 0.1) is 5.92 Å². The molecule has 0 spiro atoms. The van der Waals surface area contributed by atoms with E-state index in [2.05, 4.69) is 0 Å². The largest absolute Gasteiger partial charge is 0.369 e. The van der Waals surface area contributed by atoms with Crippen molar-refractivity contribution in [3.05, 3.63) is 71.5 Å². The van der Waals surface area contributed by atoms with Gasteiger partial charge in [0.2, 0.25) is 5.91 Å². The summed E-state index contributed by atoms with van der Waals surface area (Å²) in [5.41, 5.74) is 7.04. The van der Waals surface area contributed by atoms with Crippen LogP contribution < -0.4 is 5.73 Å². The van der Waals surface area contributed by atoms with E-state index in [-0.39, 0.29) is 5.82 Å². The average molecular weight is 243 g/mol. The molecule has 92 valence electrons. The van der Waals surface area contributed by atoms with E-state index in [1.807, 2.05) is 30.3 Å². The number of nitrogens with two attached hydrogens (primary N) is 1. The van der Waals surface area contributed by atoms with Gasteiger partial charge in [-0.25, -0.2) is 4.39 Å². The van der Waals surface area contributed by atoms with Gasteiger partial charge in [-0.15, -0.1) is 0 Å². The monoisotopic (exact) mass is 243 g/mol. The molecule has 0 aromatic heterocycles. The Morgan fingerprint density at radius 1 is 1.11 bits per heavy atom. The third-order valence-electron chi connectivity index (χ3n) is 2.87. The minimum absolute atomic E-state index is 0.302. The van der Waals surface area contributed by atoms with Crippen LogP contribution in [0.25, 0.3) is 0 Å². The molecule has 0 saturated heterocycles. The summed E-state index contributed by atoms with van der Waals surface area (Å²) in [6, 6.07) is 15.5. The Morgan fingerprint density at radius 2 is 1.83 bits per heavy atom. The summed E-state index contributed by atoms with van der Waals surface area (Å²) >= 11 is 0. The van der Waals surface area contributed by atoms with Crippen LogP contribution in [0.1, 0.15) is 17.0 Å². The number of primary amides is 1. The first-order valence-electron chi connectivity index (χ1n) is 5.75. The third kappa shape index (κ3) is 2.94. The topological polar surface area (TPSA) is 43.1 Å². The Hall–Kier alpha value is -2.16. The first-order chi connectivity index (χ1) is 8.66. The molecule has 0 aliphatic carbocycles. The lowest BCUT2D eigenvalue weighted by atomic mass is 9.91. The van der Waals surface area contributed by atoms with Crippen LogP contribution in [-0.4, -0.2) is 5.91 Å². The van der Waals surface area contributed by atoms with Crippen molar-refractivity contribution in [2.24, 2.45) is 5.73 Å². The van der Waals surface area contributed by atoms with E-state index < -0.39 is 11.8 Å². The fourth-order valence-corrected chi connectivity index (χ4v) is 1.97. The van der Waals surface area contributed by atoms with Gasteiger partial charge >= 0.3 is 0 Å². The highest BCUT2D eigenvalue weighted by Gasteiger charge is 2.18. The number of amides is 1. The highest BCUT2D eigenvalue weighted by molar-refractivity contribution is 5.82. The molecule has 0 aliphatic heterocycles. The Kier molecular flexibility index (Phi) is 3.72. The molecule has 2 N–H and O–H groups in total. The maximum Gasteiger partial charge on any atom is 0.225 e. The summed E-state index contributed by atoms with van der Waals surface area (Å²) in [7, 11) is 0. The van der Waals surface area contributed by atoms with E-state index in [1.54, 1.807) is 12.1 Å². The van der Waals surface area contributed by atoms with E-state index in [9.17, 15) is 9.18 Å². The molecule has 0 saturated carbocycles. The number of carbonyl (C=O) groups is 1. The quantitative estimate of drug-likeness (QED) is 0.881. The van der Waals surface area contributed by atoms with Crippen molar-refractivity contribution in [2.75, 3.05) is 0 Å². The van der Waals surface area contributed by atoms with Crippen molar-refractivity contribution in [2.45, 2.75) is 12.3 Å². The number of halogens is 1. The molecule has 0 radical (unpaired) electrons. The summed E-state index contributed by atoms with van der Waals surface area (Å²) in [5, 5.41) is 0. The van der Waals surface area contributed by atoms with E-state index in [1.165, 1.54) is 12.1 Å². The van der Waals surface area contributed by atoms with E-state index in [0.29, 0.717) is 6.42 Å². The zero-order chi connectivity index (χ0) is 13.0. The SMILES string of the molecule is NC(=O)C(Cc1cccc(F)c1)c1ccccc1. The van der Waals surface area contributed by atoms with Crippen LogP contribution in [0.5, 0.6) is 0 Å². The molecule has 2 aromatic carbocycles. The first kappa shape index (κ1) is 12.3. The maximum atomic E-state index is 13.1. The molecule has 0 heterocycles. The van der Waals surface area contributed by atoms with E-state index >= 15 is 0 Å². The molecular formula is C15H14FNO. The van der Waals surface area contributed by atoms with Gasteiger partial charge < -0.3 is 5.73 Å². The lowest BCUT2D eigenvalue weighted by molar-refractivity contribution is -0.119. The van der Waals surface area contributed by atoms with Crippen molar-refractivity contribution in [1.29, 1.82) is 0 Å². The molecule has 2 nitrogen and oxygen atoms in total. The Bertz CT molecular complexity index is 539. The van der Waals surface area contributed by atoms with Crippen molar-refractivity contribution < 1.29 is 9.18 Å². The Morgan fingerprint density at radius 3 is 2.44 bits per heavy atom. The van der Waals surface area contributed by atoms with Crippen molar-refractivity contribution >= 4 is 5.91 Å². The standard InChI is InChI=1S/C15H14FNO/c16-13-8-4-5-11(9-13)10-14(15(17)18)12-6-2-1-3-7-12/h1-9,14H,10H2,(H2,17,18). The fourth-order valence-electron chi connectivity index (χ4n) is 1.97. The Balaban J connectivity index is 2.25. The molecule has 0 fully saturated rings. The number of carbonyl (C=O) groups excluding carboxylic acids is 1. The lowest BCUT2D eigenvalue weighted by Gasteiger charge is -2.13. The van der Waals surface area contributed by atoms with Gasteiger partial charge in [0.25, 0.3) is 0 Å². The summed E-state index contributed by atoms with van der Waals surface area (Å²) < 4.78 is 13.1. The molecule has 0 aliphatic rings. The maximum absolute atomic E-state index is 13.1. The van der Waals surface area contributed by atoms with Gasteiger partial charge in [-0.2, -0.15) is 0 Å². The minimum atomic E-state index is -0.423. The fraction of sp³-hybridized carbons (Fsp3) is 0.133. The van der Waals surface area contributed by atoms with Crippen molar-refractivity contribution in [1.82, 2.24) is 0 Å². The molecule has 1 amide bonds. The summed E-state index contributed by atoms with van der Waals surface area (Å²) in [4.78, 5) is 11.5. The third-order valence-corrected chi connectivity index (χ3v) is 2.87. The van der Waals surface area contributed by atoms with Crippen molar-refractivity contribution in [3.8, 4) is 0 Å². The zero-order valence-electron chi connectivity index (χ0n) is 9.84. The smallest absolute Gasteiger partial charge is 0.225 e. The molecule has 18 heavy (non-hydrogen) atoms. The van der Waals surface area contributed by atoms with Gasteiger partial charge in [0, 0.05) is 0 Å². The van der Waals surface area contributed by atoms with Gasteiger partial charge in [0.15, 0.2) is 0 Å². The summed E-state index contributed by atoms with van der Waals surface area (Å²) in [5.74, 6) is -1.12. The lowest BCUT2D eigenvalue weighted by Crippen LogP contribution is -2.23. The number of hydrogen-bond donors (Lipinski definition) is 1. The van der Waals surface area contributed by atoms with Crippen LogP contribution in [0.15, 0.2) is 54.6 Å². The van der Waals surface area contributed by atoms with E-state index in [0.717, 1.165) is 11.1 Å². The van der Waals surface area contributed by atoms with Gasteiger partial charge in [-0.1, -0.05) is 42.5 Å². The molecule has 1 atom stereocenters. The highest BCUT2D eigenvalue weighted by Crippen LogP contribution is 2.20. The van der Waals surface area contributed by atoms with E-state index in [4.69, 9.17) is 5.73 Å². The average Bonchev–Trinajstić information content (AvgIpc) is 2.37. The van der Waals surface area contributed by atoms with Crippen LogP contribution in [0.4, 0.5) is 4.39 Å². The number of hydrogen-bond acceptors (Lipinski definition) is 1. The van der Waals surface area contributed by atoms with Crippen LogP contribution >= 0.6 is 0 Å². The first-order valence-corrected chi connectivity index (χ1v) is 5.75. The molecule has 3 heteroatoms. The predicted molar refractivity (Wildman–Crippen MR) is 68.5 cm³/mol. The number of benzene rings is 2. The van der Waals surface area contributed by atoms with Crippen LogP contribution in [-0.2, 0) is 11.2 Å². The zero-order valence-corrected chi connectivity index (χ0v) is 9.84. The Labute approximate surface area is 105 Å². The van der Waals surface area contributed by atoms with Crippen molar-refractivity contribution in [3.63, 3.8) is 0 Å². The second-order valence-corrected chi connectivity index (χ2v) is 4.20. The minimum Gasteiger partial charge on any atom is -0.369 e. The second-order valence-electron chi connectivity index (χ2n) is 4.20. The summed E-state index contributed by atoms with van der Waals surface area (Å²) in [6.07, 6.45) is 0.414. The van der Waals surface area contributed by atoms with Crippen LogP contribution in [0.2, 0.25) is 0 Å². The van der Waals surface area contributed by atoms with Gasteiger partial charge in [0.1, 0.15) is 5.82 Å². The van der Waals surface area contributed by atoms with Gasteiger partial charge in [-0.3, -0.25) is 4.79 Å². The normalized spacial score (nSPS) is 12.1. The van der Waals surface area contributed by atoms with Crippen LogP contribution in [0, 0.1) is 5.82 Å². The van der Waals surface area contributed by atoms with Gasteiger partial charge in [-0.05, 0) is 29.7 Å². The number of rotatable bonds is 4. The highest BCUT2D eigenvalue weighted by atomic mass is 19.1.